The van der Waals surface area contributed by atoms with Crippen LogP contribution in [0, 0.1) is 5.92 Å². The van der Waals surface area contributed by atoms with E-state index in [-0.39, 0.29) is 5.54 Å². The zero-order valence-corrected chi connectivity index (χ0v) is 12.9. The van der Waals surface area contributed by atoms with Gasteiger partial charge in [-0.15, -0.1) is 0 Å². The highest BCUT2D eigenvalue weighted by atomic mass is 15.2. The number of pyridine rings is 1. The third-order valence-corrected chi connectivity index (χ3v) is 4.12. The van der Waals surface area contributed by atoms with Gasteiger partial charge >= 0.3 is 0 Å². The first-order valence-electron chi connectivity index (χ1n) is 7.46. The Kier molecular flexibility index (Phi) is 3.28. The van der Waals surface area contributed by atoms with Gasteiger partial charge in [0.2, 0.25) is 0 Å². The van der Waals surface area contributed by atoms with Crippen molar-refractivity contribution in [3.8, 4) is 0 Å². The lowest BCUT2D eigenvalue weighted by atomic mass is 10.0. The number of hydrogen-bond donors (Lipinski definition) is 0. The first-order chi connectivity index (χ1) is 9.45. The Morgan fingerprint density at radius 2 is 2.15 bits per heavy atom. The standard InChI is InChI=1S/C16H24N4/c1-16(2,3)20-14(10-12-7-9-19(4)11-12)18-13-6-5-8-17-15(13)20/h5-6,8,12H,7,9-11H2,1-4H3. The van der Waals surface area contributed by atoms with Gasteiger partial charge in [-0.05, 0) is 58.8 Å². The molecule has 1 unspecified atom stereocenters. The fourth-order valence-corrected chi connectivity index (χ4v) is 3.25. The molecule has 1 saturated heterocycles. The van der Waals surface area contributed by atoms with Crippen molar-refractivity contribution < 1.29 is 0 Å². The van der Waals surface area contributed by atoms with Gasteiger partial charge in [-0.25, -0.2) is 9.97 Å². The topological polar surface area (TPSA) is 34.0 Å². The smallest absolute Gasteiger partial charge is 0.160 e. The van der Waals surface area contributed by atoms with Gasteiger partial charge < -0.3 is 9.47 Å². The molecule has 1 aliphatic rings. The normalized spacial score (nSPS) is 20.9. The van der Waals surface area contributed by atoms with Gasteiger partial charge in [-0.3, -0.25) is 0 Å². The van der Waals surface area contributed by atoms with Crippen molar-refractivity contribution in [2.24, 2.45) is 5.92 Å². The Balaban J connectivity index is 2.01. The molecule has 0 N–H and O–H groups in total. The molecule has 0 amide bonds. The first kappa shape index (κ1) is 13.6. The SMILES string of the molecule is CN1CCC(Cc2nc3cccnc3n2C(C)(C)C)C1. The van der Waals surface area contributed by atoms with Crippen LogP contribution in [0.15, 0.2) is 18.3 Å². The fourth-order valence-electron chi connectivity index (χ4n) is 3.25. The molecule has 3 heterocycles. The van der Waals surface area contributed by atoms with Gasteiger partial charge in [-0.2, -0.15) is 0 Å². The van der Waals surface area contributed by atoms with Crippen LogP contribution < -0.4 is 0 Å². The molecule has 20 heavy (non-hydrogen) atoms. The molecule has 4 heteroatoms. The van der Waals surface area contributed by atoms with Crippen molar-refractivity contribution in [2.45, 2.75) is 39.2 Å². The highest BCUT2D eigenvalue weighted by Gasteiger charge is 2.26. The summed E-state index contributed by atoms with van der Waals surface area (Å²) in [7, 11) is 2.20. The average molecular weight is 272 g/mol. The van der Waals surface area contributed by atoms with E-state index < -0.39 is 0 Å². The Morgan fingerprint density at radius 1 is 1.35 bits per heavy atom. The van der Waals surface area contributed by atoms with E-state index in [1.807, 2.05) is 12.3 Å². The number of nitrogens with zero attached hydrogens (tertiary/aromatic N) is 4. The van der Waals surface area contributed by atoms with Crippen LogP contribution >= 0.6 is 0 Å². The van der Waals surface area contributed by atoms with Crippen LogP contribution in [-0.4, -0.2) is 39.6 Å². The van der Waals surface area contributed by atoms with Crippen LogP contribution in [0.25, 0.3) is 11.2 Å². The average Bonchev–Trinajstić information content (AvgIpc) is 2.91. The monoisotopic (exact) mass is 272 g/mol. The number of aromatic nitrogens is 3. The molecular weight excluding hydrogens is 248 g/mol. The van der Waals surface area contributed by atoms with Crippen LogP contribution in [0.3, 0.4) is 0 Å². The minimum absolute atomic E-state index is 0.0168. The molecule has 2 aromatic heterocycles. The summed E-state index contributed by atoms with van der Waals surface area (Å²) in [5.74, 6) is 1.91. The highest BCUT2D eigenvalue weighted by Crippen LogP contribution is 2.27. The number of hydrogen-bond acceptors (Lipinski definition) is 3. The second kappa shape index (κ2) is 4.85. The molecule has 3 rings (SSSR count). The highest BCUT2D eigenvalue weighted by molar-refractivity contribution is 5.71. The summed E-state index contributed by atoms with van der Waals surface area (Å²) < 4.78 is 2.32. The van der Waals surface area contributed by atoms with Crippen LogP contribution in [0.5, 0.6) is 0 Å². The number of fused-ring (bicyclic) bond motifs is 1. The summed E-state index contributed by atoms with van der Waals surface area (Å²) in [4.78, 5) is 11.8. The maximum Gasteiger partial charge on any atom is 0.160 e. The van der Waals surface area contributed by atoms with Crippen molar-refractivity contribution >= 4 is 11.2 Å². The predicted molar refractivity (Wildman–Crippen MR) is 81.8 cm³/mol. The van der Waals surface area contributed by atoms with E-state index in [4.69, 9.17) is 4.98 Å². The van der Waals surface area contributed by atoms with E-state index in [1.54, 1.807) is 0 Å². The summed E-state index contributed by atoms with van der Waals surface area (Å²) >= 11 is 0. The lowest BCUT2D eigenvalue weighted by molar-refractivity contribution is 0.367. The second-order valence-corrected chi connectivity index (χ2v) is 7.00. The van der Waals surface area contributed by atoms with E-state index in [9.17, 15) is 0 Å². The summed E-state index contributed by atoms with van der Waals surface area (Å²) in [5, 5.41) is 0. The van der Waals surface area contributed by atoms with E-state index in [0.29, 0.717) is 0 Å². The van der Waals surface area contributed by atoms with E-state index in [2.05, 4.69) is 48.3 Å². The maximum atomic E-state index is 4.85. The Morgan fingerprint density at radius 3 is 2.80 bits per heavy atom. The predicted octanol–water partition coefficient (Wildman–Crippen LogP) is 2.68. The molecule has 108 valence electrons. The van der Waals surface area contributed by atoms with Crippen LogP contribution in [0.4, 0.5) is 0 Å². The van der Waals surface area contributed by atoms with Crippen molar-refractivity contribution in [3.05, 3.63) is 24.2 Å². The third-order valence-electron chi connectivity index (χ3n) is 4.12. The summed E-state index contributed by atoms with van der Waals surface area (Å²) in [6, 6.07) is 4.03. The molecule has 2 aromatic rings. The first-order valence-corrected chi connectivity index (χ1v) is 7.46. The quantitative estimate of drug-likeness (QED) is 0.843. The Labute approximate surface area is 120 Å². The van der Waals surface area contributed by atoms with Gasteiger partial charge in [0, 0.05) is 24.7 Å². The van der Waals surface area contributed by atoms with E-state index in [1.165, 1.54) is 25.3 Å². The summed E-state index contributed by atoms with van der Waals surface area (Å²) in [5.41, 5.74) is 2.05. The molecule has 0 radical (unpaired) electrons. The zero-order chi connectivity index (χ0) is 14.3. The molecule has 0 aliphatic carbocycles. The third kappa shape index (κ3) is 2.44. The van der Waals surface area contributed by atoms with Crippen molar-refractivity contribution in [3.63, 3.8) is 0 Å². The van der Waals surface area contributed by atoms with Crippen LogP contribution in [0.1, 0.15) is 33.0 Å². The molecule has 1 aliphatic heterocycles. The molecule has 0 spiro atoms. The van der Waals surface area contributed by atoms with E-state index >= 15 is 0 Å². The lowest BCUT2D eigenvalue weighted by Crippen LogP contribution is -2.26. The number of likely N-dealkylation sites (tertiary alicyclic amines) is 1. The van der Waals surface area contributed by atoms with Gasteiger partial charge in [-0.1, -0.05) is 0 Å². The largest absolute Gasteiger partial charge is 0.307 e. The number of imidazole rings is 1. The van der Waals surface area contributed by atoms with Crippen molar-refractivity contribution in [1.29, 1.82) is 0 Å². The fraction of sp³-hybridized carbons (Fsp3) is 0.625. The lowest BCUT2D eigenvalue weighted by Gasteiger charge is -2.25. The van der Waals surface area contributed by atoms with Gasteiger partial charge in [0.25, 0.3) is 0 Å². The summed E-state index contributed by atoms with van der Waals surface area (Å²) in [6.07, 6.45) is 4.19. The molecule has 0 bridgehead atoms. The molecular formula is C16H24N4. The molecule has 4 nitrogen and oxygen atoms in total. The minimum atomic E-state index is 0.0168. The maximum absolute atomic E-state index is 4.85. The molecule has 0 aromatic carbocycles. The Hall–Kier alpha value is -1.42. The van der Waals surface area contributed by atoms with Gasteiger partial charge in [0.15, 0.2) is 5.65 Å². The molecule has 1 atom stereocenters. The molecule has 1 fully saturated rings. The van der Waals surface area contributed by atoms with Crippen LogP contribution in [-0.2, 0) is 12.0 Å². The second-order valence-electron chi connectivity index (χ2n) is 7.00. The zero-order valence-electron chi connectivity index (χ0n) is 12.9. The van der Waals surface area contributed by atoms with Gasteiger partial charge in [0.05, 0.1) is 0 Å². The van der Waals surface area contributed by atoms with Crippen molar-refractivity contribution in [1.82, 2.24) is 19.4 Å². The van der Waals surface area contributed by atoms with Crippen molar-refractivity contribution in [2.75, 3.05) is 20.1 Å². The Bertz CT molecular complexity index is 608. The minimum Gasteiger partial charge on any atom is -0.307 e. The van der Waals surface area contributed by atoms with E-state index in [0.717, 1.165) is 23.5 Å². The van der Waals surface area contributed by atoms with Crippen LogP contribution in [0.2, 0.25) is 0 Å². The molecule has 0 saturated carbocycles. The number of rotatable bonds is 2. The summed E-state index contributed by atoms with van der Waals surface area (Å²) in [6.45, 7) is 9.08. The van der Waals surface area contributed by atoms with Gasteiger partial charge in [0.1, 0.15) is 11.3 Å².